The van der Waals surface area contributed by atoms with Crippen molar-refractivity contribution < 1.29 is 80.8 Å². The van der Waals surface area contributed by atoms with Crippen LogP contribution in [0.5, 0.6) is 0 Å². The molecule has 21 heteroatoms. The Kier molecular flexibility index (Phi) is 35.9. The number of ether oxygens (including phenoxy) is 12. The minimum absolute atomic E-state index is 0.0853. The molecular formula is C44H84N4O17. The number of urea groups is 1. The van der Waals surface area contributed by atoms with Gasteiger partial charge in [-0.2, -0.15) is 0 Å². The molecule has 0 aliphatic rings. The van der Waals surface area contributed by atoms with Gasteiger partial charge >= 0.3 is 23.9 Å². The molecule has 0 bridgehead atoms. The van der Waals surface area contributed by atoms with Gasteiger partial charge in [0.25, 0.3) is 0 Å². The molecule has 0 aliphatic heterocycles. The van der Waals surface area contributed by atoms with Crippen LogP contribution in [0.1, 0.15) is 94.4 Å². The molecule has 382 valence electrons. The van der Waals surface area contributed by atoms with Crippen molar-refractivity contribution in [1.82, 2.24) is 16.0 Å². The van der Waals surface area contributed by atoms with Gasteiger partial charge in [-0.05, 0) is 88.0 Å². The third kappa shape index (κ3) is 43.1. The molecular weight excluding hydrogens is 856 g/mol. The summed E-state index contributed by atoms with van der Waals surface area (Å²) in [5, 5.41) is 7.91. The molecule has 2 atom stereocenters. The van der Waals surface area contributed by atoms with Crippen LogP contribution >= 0.6 is 0 Å². The molecule has 0 saturated carbocycles. The first kappa shape index (κ1) is 61.8. The standard InChI is InChI=1S/C44H84N4O17/c1-42(2,3)63-38(50)14-13-36(40(52)65-44(7,8)9)48-41(53)47-35(39(51)64-43(4,5)6)12-10-11-16-46-37(49)34-62-33-32-61-31-30-60-29-28-59-27-26-58-25-24-57-23-22-56-21-20-55-19-18-54-17-15-45/h35-36H,10-34,45H2,1-9H3,(H,46,49)(H2,47,48,53)/t35-,36-/m0/s1. The molecule has 0 aromatic carbocycles. The number of carbonyl (C=O) groups excluding carboxylic acids is 5. The van der Waals surface area contributed by atoms with E-state index in [9.17, 15) is 24.0 Å². The molecule has 0 saturated heterocycles. The maximum atomic E-state index is 13.1. The van der Waals surface area contributed by atoms with Crippen LogP contribution in [-0.4, -0.2) is 191 Å². The van der Waals surface area contributed by atoms with Gasteiger partial charge in [0.1, 0.15) is 35.5 Å². The van der Waals surface area contributed by atoms with Crippen LogP contribution in [0.3, 0.4) is 0 Å². The maximum Gasteiger partial charge on any atom is 0.329 e. The summed E-state index contributed by atoms with van der Waals surface area (Å²) in [6.07, 6.45) is 0.878. The van der Waals surface area contributed by atoms with E-state index in [0.29, 0.717) is 125 Å². The Labute approximate surface area is 387 Å². The van der Waals surface area contributed by atoms with Crippen molar-refractivity contribution >= 4 is 29.8 Å². The molecule has 0 unspecified atom stereocenters. The summed E-state index contributed by atoms with van der Waals surface area (Å²) in [5.74, 6) is -2.25. The zero-order valence-corrected chi connectivity index (χ0v) is 40.8. The molecule has 0 fully saturated rings. The molecule has 0 aromatic rings. The molecule has 3 amide bonds. The highest BCUT2D eigenvalue weighted by Crippen LogP contribution is 2.15. The van der Waals surface area contributed by atoms with Gasteiger partial charge in [0, 0.05) is 19.5 Å². The number of nitrogens with one attached hydrogen (secondary N) is 3. The monoisotopic (exact) mass is 941 g/mol. The number of hydrogen-bond acceptors (Lipinski definition) is 18. The second kappa shape index (κ2) is 37.8. The summed E-state index contributed by atoms with van der Waals surface area (Å²) >= 11 is 0. The van der Waals surface area contributed by atoms with Crippen molar-refractivity contribution in [2.45, 2.75) is 123 Å². The summed E-state index contributed by atoms with van der Waals surface area (Å²) < 4.78 is 65.1. The zero-order valence-electron chi connectivity index (χ0n) is 40.8. The maximum absolute atomic E-state index is 13.1. The molecule has 21 nitrogen and oxygen atoms in total. The molecule has 0 heterocycles. The summed E-state index contributed by atoms with van der Waals surface area (Å²) in [7, 11) is 0. The van der Waals surface area contributed by atoms with Gasteiger partial charge in [-0.25, -0.2) is 14.4 Å². The Hall–Kier alpha value is -3.25. The van der Waals surface area contributed by atoms with E-state index in [0.717, 1.165) is 0 Å². The smallest absolute Gasteiger partial charge is 0.329 e. The molecule has 0 rings (SSSR count). The predicted molar refractivity (Wildman–Crippen MR) is 239 cm³/mol. The number of rotatable bonds is 40. The SMILES string of the molecule is CC(C)(C)OC(=O)CC[C@H](NC(=O)N[C@@H](CCCCNC(=O)COCCOCCOCCOCCOCCOCCOCCOCCOCCN)C(=O)OC(C)(C)C)C(=O)OC(C)(C)C. The van der Waals surface area contributed by atoms with Crippen molar-refractivity contribution in [3.05, 3.63) is 0 Å². The number of unbranched alkanes of at least 4 members (excludes halogenated alkanes) is 1. The summed E-state index contributed by atoms with van der Waals surface area (Å²) in [6.45, 7) is 23.5. The van der Waals surface area contributed by atoms with Crippen LogP contribution in [0, 0.1) is 0 Å². The normalized spacial score (nSPS) is 12.9. The Balaban J connectivity index is 4.16. The zero-order chi connectivity index (χ0) is 48.8. The van der Waals surface area contributed by atoms with Crippen LogP contribution in [0.4, 0.5) is 4.79 Å². The van der Waals surface area contributed by atoms with E-state index in [-0.39, 0.29) is 45.0 Å². The number of nitrogens with two attached hydrogens (primary N) is 1. The van der Waals surface area contributed by atoms with Gasteiger partial charge in [-0.15, -0.1) is 0 Å². The van der Waals surface area contributed by atoms with Gasteiger partial charge < -0.3 is 78.5 Å². The lowest BCUT2D eigenvalue weighted by Crippen LogP contribution is -2.53. The Bertz CT molecular complexity index is 1260. The highest BCUT2D eigenvalue weighted by atomic mass is 16.6. The van der Waals surface area contributed by atoms with E-state index in [1.165, 1.54) is 0 Å². The van der Waals surface area contributed by atoms with Crippen LogP contribution in [0.25, 0.3) is 0 Å². The van der Waals surface area contributed by atoms with Gasteiger partial charge in [-0.1, -0.05) is 0 Å². The lowest BCUT2D eigenvalue weighted by molar-refractivity contribution is -0.159. The second-order valence-electron chi connectivity index (χ2n) is 17.5. The first-order valence-electron chi connectivity index (χ1n) is 22.6. The van der Waals surface area contributed by atoms with Crippen molar-refractivity contribution in [3.63, 3.8) is 0 Å². The van der Waals surface area contributed by atoms with E-state index < -0.39 is 52.8 Å². The second-order valence-corrected chi connectivity index (χ2v) is 17.5. The van der Waals surface area contributed by atoms with Gasteiger partial charge in [-0.3, -0.25) is 9.59 Å². The van der Waals surface area contributed by atoms with E-state index in [2.05, 4.69) is 16.0 Å². The summed E-state index contributed by atoms with van der Waals surface area (Å²) in [6, 6.07) is -3.07. The number of esters is 3. The van der Waals surface area contributed by atoms with Gasteiger partial charge in [0.15, 0.2) is 0 Å². The minimum Gasteiger partial charge on any atom is -0.460 e. The highest BCUT2D eigenvalue weighted by molar-refractivity contribution is 5.87. The summed E-state index contributed by atoms with van der Waals surface area (Å²) in [5.41, 5.74) is 2.94. The lowest BCUT2D eigenvalue weighted by atomic mass is 10.1. The molecule has 0 spiro atoms. The first-order valence-corrected chi connectivity index (χ1v) is 22.6. The fraction of sp³-hybridized carbons (Fsp3) is 0.886. The topological polar surface area (TPSA) is 258 Å². The molecule has 0 aromatic heterocycles. The number of carbonyl (C=O) groups is 5. The van der Waals surface area contributed by atoms with E-state index >= 15 is 0 Å². The van der Waals surface area contributed by atoms with Crippen LogP contribution in [-0.2, 0) is 76.0 Å². The molecule has 0 radical (unpaired) electrons. The van der Waals surface area contributed by atoms with Gasteiger partial charge in [0.2, 0.25) is 5.91 Å². The molecule has 5 N–H and O–H groups in total. The number of hydrogen-bond donors (Lipinski definition) is 4. The van der Waals surface area contributed by atoms with Crippen LogP contribution in [0.2, 0.25) is 0 Å². The van der Waals surface area contributed by atoms with Crippen molar-refractivity contribution in [2.75, 3.05) is 132 Å². The quantitative estimate of drug-likeness (QED) is 0.0390. The average Bonchev–Trinajstić information content (AvgIpc) is 3.19. The largest absolute Gasteiger partial charge is 0.460 e. The van der Waals surface area contributed by atoms with E-state index in [4.69, 9.17) is 62.6 Å². The van der Waals surface area contributed by atoms with Crippen LogP contribution < -0.4 is 21.7 Å². The highest BCUT2D eigenvalue weighted by Gasteiger charge is 2.31. The summed E-state index contributed by atoms with van der Waals surface area (Å²) in [4.78, 5) is 63.8. The Morgan fingerprint density at radius 2 is 0.785 bits per heavy atom. The van der Waals surface area contributed by atoms with E-state index in [1.807, 2.05) is 0 Å². The van der Waals surface area contributed by atoms with Crippen molar-refractivity contribution in [3.8, 4) is 0 Å². The Morgan fingerprint density at radius 1 is 0.446 bits per heavy atom. The first-order chi connectivity index (χ1) is 30.7. The number of amides is 3. The molecule has 65 heavy (non-hydrogen) atoms. The third-order valence-corrected chi connectivity index (χ3v) is 7.76. The predicted octanol–water partition coefficient (Wildman–Crippen LogP) is 2.22. The minimum atomic E-state index is -1.20. The average molecular weight is 941 g/mol. The third-order valence-electron chi connectivity index (χ3n) is 7.76. The lowest BCUT2D eigenvalue weighted by Gasteiger charge is -2.27. The fourth-order valence-corrected chi connectivity index (χ4v) is 5.02. The van der Waals surface area contributed by atoms with E-state index in [1.54, 1.807) is 62.3 Å². The van der Waals surface area contributed by atoms with Crippen molar-refractivity contribution in [2.24, 2.45) is 5.73 Å². The molecule has 0 aliphatic carbocycles. The fourth-order valence-electron chi connectivity index (χ4n) is 5.02. The Morgan fingerprint density at radius 3 is 1.14 bits per heavy atom. The van der Waals surface area contributed by atoms with Crippen LogP contribution in [0.15, 0.2) is 0 Å². The van der Waals surface area contributed by atoms with Crippen molar-refractivity contribution in [1.29, 1.82) is 0 Å². The van der Waals surface area contributed by atoms with Gasteiger partial charge in [0.05, 0.1) is 112 Å².